The van der Waals surface area contributed by atoms with Crippen LogP contribution in [-0.4, -0.2) is 10.5 Å². The number of benzene rings is 2. The molecule has 0 spiro atoms. The Morgan fingerprint density at radius 3 is 2.46 bits per heavy atom. The molecule has 0 fully saturated rings. The van der Waals surface area contributed by atoms with Gasteiger partial charge < -0.3 is 4.84 Å². The van der Waals surface area contributed by atoms with E-state index in [1.165, 1.54) is 0 Å². The van der Waals surface area contributed by atoms with Gasteiger partial charge in [0.15, 0.2) is 19.3 Å². The van der Waals surface area contributed by atoms with Gasteiger partial charge >= 0.3 is 0 Å². The largest absolute Gasteiger partial charge is 0.331 e. The van der Waals surface area contributed by atoms with Crippen molar-refractivity contribution in [3.63, 3.8) is 0 Å². The summed E-state index contributed by atoms with van der Waals surface area (Å²) in [6.45, 7) is 2.38. The van der Waals surface area contributed by atoms with E-state index in [2.05, 4.69) is 0 Å². The van der Waals surface area contributed by atoms with Gasteiger partial charge in [0.05, 0.1) is 0 Å². The molecule has 1 heterocycles. The molecule has 0 unspecified atom stereocenters. The summed E-state index contributed by atoms with van der Waals surface area (Å²) in [5.74, 6) is 0.783. The molecule has 0 aliphatic carbocycles. The summed E-state index contributed by atoms with van der Waals surface area (Å²) in [5.41, 5.74) is 1.44. The summed E-state index contributed by atoms with van der Waals surface area (Å²) in [6, 6.07) is 12.1. The van der Waals surface area contributed by atoms with Crippen LogP contribution < -0.4 is 9.40 Å². The first kappa shape index (κ1) is 18.8. The third kappa shape index (κ3) is 4.39. The van der Waals surface area contributed by atoms with Crippen LogP contribution in [0.25, 0.3) is 0 Å². The Labute approximate surface area is 166 Å². The zero-order chi connectivity index (χ0) is 18.7. The molecule has 3 rings (SSSR count). The Hall–Kier alpha value is -2.01. The molecule has 3 aromatic rings. The van der Waals surface area contributed by atoms with E-state index in [-0.39, 0.29) is 18.9 Å². The standard InChI is InChI=1S/C19H16Cl3N2O2/c1-13-23(11-19(25)14-2-5-16(20)6-3-14)8-9-24(13)26-12-15-4-7-17(21)10-18(15)22/h2-10H,11-12H2,1H3/q+1. The quantitative estimate of drug-likeness (QED) is 0.441. The van der Waals surface area contributed by atoms with Crippen molar-refractivity contribution in [2.75, 3.05) is 0 Å². The van der Waals surface area contributed by atoms with E-state index in [4.69, 9.17) is 39.6 Å². The SMILES string of the molecule is Cc1n(OCc2ccc(Cl)cc2Cl)cc[n+]1CC(=O)c1ccc(Cl)cc1. The number of rotatable bonds is 6. The van der Waals surface area contributed by atoms with Crippen molar-refractivity contribution in [2.45, 2.75) is 20.1 Å². The van der Waals surface area contributed by atoms with Gasteiger partial charge in [-0.15, -0.1) is 0 Å². The average molecular weight is 411 g/mol. The first-order chi connectivity index (χ1) is 12.4. The molecule has 7 heteroatoms. The zero-order valence-electron chi connectivity index (χ0n) is 14.0. The fourth-order valence-corrected chi connectivity index (χ4v) is 3.04. The van der Waals surface area contributed by atoms with Gasteiger partial charge in [-0.3, -0.25) is 4.79 Å². The van der Waals surface area contributed by atoms with Crippen LogP contribution in [0.15, 0.2) is 54.9 Å². The molecule has 134 valence electrons. The maximum atomic E-state index is 12.4. The highest BCUT2D eigenvalue weighted by Gasteiger charge is 2.18. The normalized spacial score (nSPS) is 10.8. The molecular weight excluding hydrogens is 395 g/mol. The van der Waals surface area contributed by atoms with E-state index in [1.54, 1.807) is 53.5 Å². The van der Waals surface area contributed by atoms with Crippen LogP contribution in [0.1, 0.15) is 21.7 Å². The number of hydrogen-bond donors (Lipinski definition) is 0. The van der Waals surface area contributed by atoms with Crippen molar-refractivity contribution in [1.82, 2.24) is 4.73 Å². The molecule has 0 saturated heterocycles. The van der Waals surface area contributed by atoms with Crippen molar-refractivity contribution >= 4 is 40.6 Å². The minimum Gasteiger partial charge on any atom is -0.331 e. The molecule has 26 heavy (non-hydrogen) atoms. The molecule has 1 aromatic heterocycles. The van der Waals surface area contributed by atoms with Crippen LogP contribution >= 0.6 is 34.8 Å². The van der Waals surface area contributed by atoms with Gasteiger partial charge in [0.2, 0.25) is 5.78 Å². The molecule has 0 amide bonds. The molecular formula is C19H16Cl3N2O2+. The van der Waals surface area contributed by atoms with Crippen LogP contribution in [-0.2, 0) is 13.2 Å². The smallest absolute Gasteiger partial charge is 0.293 e. The molecule has 0 N–H and O–H groups in total. The number of imidazole rings is 1. The molecule has 0 radical (unpaired) electrons. The summed E-state index contributed by atoms with van der Waals surface area (Å²) in [5, 5.41) is 1.73. The van der Waals surface area contributed by atoms with Crippen LogP contribution in [0.5, 0.6) is 0 Å². The minimum absolute atomic E-state index is 0.00624. The van der Waals surface area contributed by atoms with Crippen molar-refractivity contribution in [3.8, 4) is 0 Å². The molecule has 4 nitrogen and oxygen atoms in total. The fraction of sp³-hybridized carbons (Fsp3) is 0.158. The lowest BCUT2D eigenvalue weighted by molar-refractivity contribution is -0.690. The lowest BCUT2D eigenvalue weighted by atomic mass is 10.1. The van der Waals surface area contributed by atoms with E-state index >= 15 is 0 Å². The second-order valence-corrected chi connectivity index (χ2v) is 7.02. The molecule has 0 aliphatic heterocycles. The highest BCUT2D eigenvalue weighted by Crippen LogP contribution is 2.21. The van der Waals surface area contributed by atoms with E-state index < -0.39 is 0 Å². The Morgan fingerprint density at radius 2 is 1.77 bits per heavy atom. The number of carbonyl (C=O) groups is 1. The Morgan fingerprint density at radius 1 is 1.08 bits per heavy atom. The molecule has 2 aromatic carbocycles. The summed E-state index contributed by atoms with van der Waals surface area (Å²) in [6.07, 6.45) is 3.56. The first-order valence-corrected chi connectivity index (χ1v) is 9.01. The van der Waals surface area contributed by atoms with Gasteiger partial charge in [0.1, 0.15) is 6.20 Å². The number of halogens is 3. The van der Waals surface area contributed by atoms with Crippen LogP contribution in [0.3, 0.4) is 0 Å². The van der Waals surface area contributed by atoms with Crippen LogP contribution in [0.4, 0.5) is 0 Å². The van der Waals surface area contributed by atoms with Gasteiger partial charge in [0.25, 0.3) is 5.82 Å². The maximum Gasteiger partial charge on any atom is 0.293 e. The summed E-state index contributed by atoms with van der Waals surface area (Å²) in [7, 11) is 0. The number of aromatic nitrogens is 2. The van der Waals surface area contributed by atoms with Crippen LogP contribution in [0, 0.1) is 6.92 Å². The van der Waals surface area contributed by atoms with Crippen LogP contribution in [0.2, 0.25) is 15.1 Å². The van der Waals surface area contributed by atoms with E-state index in [9.17, 15) is 4.79 Å². The number of carbonyl (C=O) groups excluding carboxylic acids is 1. The third-order valence-corrected chi connectivity index (χ3v) is 4.81. The topological polar surface area (TPSA) is 35.1 Å². The van der Waals surface area contributed by atoms with Crippen molar-refractivity contribution < 1.29 is 14.2 Å². The van der Waals surface area contributed by atoms with E-state index in [1.807, 2.05) is 17.6 Å². The Balaban J connectivity index is 1.67. The van der Waals surface area contributed by atoms with Crippen molar-refractivity contribution in [1.29, 1.82) is 0 Å². The van der Waals surface area contributed by atoms with Gasteiger partial charge in [-0.25, -0.2) is 4.57 Å². The monoisotopic (exact) mass is 409 g/mol. The molecule has 0 bridgehead atoms. The van der Waals surface area contributed by atoms with E-state index in [0.29, 0.717) is 20.6 Å². The van der Waals surface area contributed by atoms with Gasteiger partial charge in [0, 0.05) is 33.1 Å². The highest BCUT2D eigenvalue weighted by atomic mass is 35.5. The lowest BCUT2D eigenvalue weighted by Gasteiger charge is -2.05. The molecule has 0 saturated carbocycles. The Kier molecular flexibility index (Phi) is 5.87. The van der Waals surface area contributed by atoms with Gasteiger partial charge in [-0.2, -0.15) is 0 Å². The fourth-order valence-electron chi connectivity index (χ4n) is 2.45. The zero-order valence-corrected chi connectivity index (χ0v) is 16.2. The number of nitrogens with zero attached hydrogens (tertiary/aromatic N) is 2. The lowest BCUT2D eigenvalue weighted by Crippen LogP contribution is -2.40. The average Bonchev–Trinajstić information content (AvgIpc) is 2.95. The minimum atomic E-state index is -0.00624. The predicted molar refractivity (Wildman–Crippen MR) is 102 cm³/mol. The summed E-state index contributed by atoms with van der Waals surface area (Å²) in [4.78, 5) is 18.2. The van der Waals surface area contributed by atoms with Crippen molar-refractivity contribution in [3.05, 3.63) is 86.9 Å². The van der Waals surface area contributed by atoms with Crippen molar-refractivity contribution in [2.24, 2.45) is 0 Å². The van der Waals surface area contributed by atoms with Gasteiger partial charge in [-0.05, 0) is 41.1 Å². The van der Waals surface area contributed by atoms with E-state index in [0.717, 1.165) is 11.4 Å². The van der Waals surface area contributed by atoms with Gasteiger partial charge in [-0.1, -0.05) is 40.9 Å². The maximum absolute atomic E-state index is 12.4. The number of hydrogen-bond acceptors (Lipinski definition) is 2. The summed E-state index contributed by atoms with van der Waals surface area (Å²) >= 11 is 17.9. The number of ketones is 1. The first-order valence-electron chi connectivity index (χ1n) is 7.87. The number of Topliss-reactive ketones (excluding diaryl/α,β-unsaturated/α-hetero) is 1. The summed E-state index contributed by atoms with van der Waals surface area (Å²) < 4.78 is 3.43. The molecule has 0 aliphatic rings. The highest BCUT2D eigenvalue weighted by molar-refractivity contribution is 6.35. The Bertz CT molecular complexity index is 936. The molecule has 0 atom stereocenters. The third-order valence-electron chi connectivity index (χ3n) is 3.97. The predicted octanol–water partition coefficient (Wildman–Crippen LogP) is 4.56. The second-order valence-electron chi connectivity index (χ2n) is 5.74. The second kappa shape index (κ2) is 8.12.